The molecule has 0 unspecified atom stereocenters. The molecule has 1 saturated heterocycles. The van der Waals surface area contributed by atoms with Gasteiger partial charge in [-0.25, -0.2) is 9.07 Å². The smallest absolute Gasteiger partial charge is 0.228 e. The molecule has 2 aromatic carbocycles. The summed E-state index contributed by atoms with van der Waals surface area (Å²) in [6.45, 7) is 4.32. The number of rotatable bonds is 5. The summed E-state index contributed by atoms with van der Waals surface area (Å²) in [6.07, 6.45) is 1.30. The first-order valence-electron chi connectivity index (χ1n) is 9.94. The maximum absolute atomic E-state index is 14.5. The van der Waals surface area contributed by atoms with Crippen molar-refractivity contribution in [3.05, 3.63) is 71.3 Å². The first kappa shape index (κ1) is 19.8. The van der Waals surface area contributed by atoms with E-state index in [0.717, 1.165) is 29.1 Å². The number of anilines is 2. The Morgan fingerprint density at radius 1 is 1.17 bits per heavy atom. The van der Waals surface area contributed by atoms with Crippen molar-refractivity contribution in [2.45, 2.75) is 33.1 Å². The van der Waals surface area contributed by atoms with Gasteiger partial charge >= 0.3 is 0 Å². The van der Waals surface area contributed by atoms with Gasteiger partial charge in [0.25, 0.3) is 0 Å². The predicted octanol–water partition coefficient (Wildman–Crippen LogP) is 3.94. The highest BCUT2D eigenvalue weighted by atomic mass is 19.1. The predicted molar refractivity (Wildman–Crippen MR) is 113 cm³/mol. The summed E-state index contributed by atoms with van der Waals surface area (Å²) >= 11 is 0. The van der Waals surface area contributed by atoms with E-state index in [-0.39, 0.29) is 23.9 Å². The lowest BCUT2D eigenvalue weighted by atomic mass is 10.1. The highest BCUT2D eigenvalue weighted by molar-refractivity contribution is 5.96. The van der Waals surface area contributed by atoms with E-state index in [1.54, 1.807) is 6.07 Å². The number of aryl methyl sites for hydroxylation is 1. The number of nitrogens with one attached hydrogen (secondary N) is 1. The molecule has 2 heterocycles. The molecule has 6 nitrogen and oxygen atoms in total. The van der Waals surface area contributed by atoms with Gasteiger partial charge in [0, 0.05) is 29.9 Å². The number of carbonyl (C=O) groups is 2. The second kappa shape index (κ2) is 8.10. The SMILES string of the molecule is Cc1nn(-c2ccccc2)c(C)c1CC(=O)Nc1ccc(N2CCCC2=O)c(F)c1. The molecule has 154 valence electrons. The van der Waals surface area contributed by atoms with Gasteiger partial charge in [-0.1, -0.05) is 18.2 Å². The lowest BCUT2D eigenvalue weighted by molar-refractivity contribution is -0.117. The van der Waals surface area contributed by atoms with Crippen molar-refractivity contribution in [3.63, 3.8) is 0 Å². The fourth-order valence-corrected chi connectivity index (χ4v) is 3.82. The van der Waals surface area contributed by atoms with E-state index in [1.165, 1.54) is 17.0 Å². The van der Waals surface area contributed by atoms with Crippen LogP contribution in [0.5, 0.6) is 0 Å². The Labute approximate surface area is 174 Å². The highest BCUT2D eigenvalue weighted by Gasteiger charge is 2.24. The molecule has 7 heteroatoms. The van der Waals surface area contributed by atoms with Crippen LogP contribution in [0.1, 0.15) is 29.8 Å². The molecule has 1 fully saturated rings. The van der Waals surface area contributed by atoms with Gasteiger partial charge in [-0.2, -0.15) is 5.10 Å². The summed E-state index contributed by atoms with van der Waals surface area (Å²) in [6, 6.07) is 14.1. The van der Waals surface area contributed by atoms with E-state index >= 15 is 0 Å². The van der Waals surface area contributed by atoms with Crippen molar-refractivity contribution in [1.29, 1.82) is 0 Å². The van der Waals surface area contributed by atoms with Crippen molar-refractivity contribution in [1.82, 2.24) is 9.78 Å². The number of halogens is 1. The van der Waals surface area contributed by atoms with Gasteiger partial charge in [0.1, 0.15) is 5.82 Å². The topological polar surface area (TPSA) is 67.2 Å². The minimum Gasteiger partial charge on any atom is -0.326 e. The average molecular weight is 406 g/mol. The van der Waals surface area contributed by atoms with Crippen LogP contribution >= 0.6 is 0 Å². The number of benzene rings is 2. The number of nitrogens with zero attached hydrogens (tertiary/aromatic N) is 3. The summed E-state index contributed by atoms with van der Waals surface area (Å²) in [5.41, 5.74) is 4.06. The van der Waals surface area contributed by atoms with Gasteiger partial charge < -0.3 is 10.2 Å². The van der Waals surface area contributed by atoms with Gasteiger partial charge in [0.2, 0.25) is 11.8 Å². The van der Waals surface area contributed by atoms with Crippen molar-refractivity contribution in [3.8, 4) is 5.69 Å². The van der Waals surface area contributed by atoms with Crippen molar-refractivity contribution in [2.75, 3.05) is 16.8 Å². The third kappa shape index (κ3) is 3.83. The molecule has 30 heavy (non-hydrogen) atoms. The summed E-state index contributed by atoms with van der Waals surface area (Å²) in [4.78, 5) is 25.9. The first-order valence-corrected chi connectivity index (χ1v) is 9.94. The van der Waals surface area contributed by atoms with Crippen LogP contribution in [0.25, 0.3) is 5.69 Å². The van der Waals surface area contributed by atoms with Crippen molar-refractivity contribution in [2.24, 2.45) is 0 Å². The fraction of sp³-hybridized carbons (Fsp3) is 0.261. The molecular formula is C23H23FN4O2. The fourth-order valence-electron chi connectivity index (χ4n) is 3.82. The second-order valence-corrected chi connectivity index (χ2v) is 7.44. The Kier molecular flexibility index (Phi) is 5.35. The van der Waals surface area contributed by atoms with Crippen LogP contribution in [-0.4, -0.2) is 28.1 Å². The van der Waals surface area contributed by atoms with Crippen LogP contribution in [0.2, 0.25) is 0 Å². The lowest BCUT2D eigenvalue weighted by Gasteiger charge is -2.17. The monoisotopic (exact) mass is 406 g/mol. The minimum atomic E-state index is -0.521. The van der Waals surface area contributed by atoms with Gasteiger partial charge in [0.05, 0.1) is 23.5 Å². The van der Waals surface area contributed by atoms with Gasteiger partial charge in [-0.15, -0.1) is 0 Å². The molecule has 0 bridgehead atoms. The molecule has 0 radical (unpaired) electrons. The Bertz CT molecular complexity index is 1110. The third-order valence-corrected chi connectivity index (χ3v) is 5.37. The van der Waals surface area contributed by atoms with E-state index in [1.807, 2.05) is 48.9 Å². The largest absolute Gasteiger partial charge is 0.326 e. The number of hydrogen-bond acceptors (Lipinski definition) is 3. The molecule has 0 spiro atoms. The quantitative estimate of drug-likeness (QED) is 0.698. The number of amides is 2. The van der Waals surface area contributed by atoms with Crippen LogP contribution in [0.15, 0.2) is 48.5 Å². The molecule has 4 rings (SSSR count). The zero-order valence-electron chi connectivity index (χ0n) is 17.0. The minimum absolute atomic E-state index is 0.0768. The van der Waals surface area contributed by atoms with Crippen molar-refractivity contribution >= 4 is 23.2 Å². The molecule has 0 aliphatic carbocycles. The normalized spacial score (nSPS) is 13.7. The molecule has 2 amide bonds. The Hall–Kier alpha value is -3.48. The standard InChI is InChI=1S/C23H23FN4O2/c1-15-19(16(2)28(26-15)18-7-4-3-5-8-18)14-22(29)25-17-10-11-21(20(24)13-17)27-12-6-9-23(27)30/h3-5,7-8,10-11,13H,6,9,12,14H2,1-2H3,(H,25,29). The average Bonchev–Trinajstić information content (AvgIpc) is 3.27. The molecule has 3 aromatic rings. The summed E-state index contributed by atoms with van der Waals surface area (Å²) in [5, 5.41) is 7.30. The van der Waals surface area contributed by atoms with E-state index < -0.39 is 5.82 Å². The maximum Gasteiger partial charge on any atom is 0.228 e. The van der Waals surface area contributed by atoms with E-state index in [0.29, 0.717) is 18.7 Å². The molecule has 1 aliphatic heterocycles. The molecule has 0 atom stereocenters. The Balaban J connectivity index is 1.48. The zero-order chi connectivity index (χ0) is 21.3. The van der Waals surface area contributed by atoms with E-state index in [4.69, 9.17) is 0 Å². The Morgan fingerprint density at radius 2 is 1.93 bits per heavy atom. The molecular weight excluding hydrogens is 383 g/mol. The van der Waals surface area contributed by atoms with Crippen molar-refractivity contribution < 1.29 is 14.0 Å². The van der Waals surface area contributed by atoms with Gasteiger partial charge in [0.15, 0.2) is 0 Å². The van der Waals surface area contributed by atoms with Gasteiger partial charge in [-0.05, 0) is 50.6 Å². The Morgan fingerprint density at radius 3 is 2.60 bits per heavy atom. The summed E-state index contributed by atoms with van der Waals surface area (Å²) < 4.78 is 16.3. The zero-order valence-corrected chi connectivity index (χ0v) is 17.0. The van der Waals surface area contributed by atoms with Crippen LogP contribution in [0.3, 0.4) is 0 Å². The van der Waals surface area contributed by atoms with Crippen LogP contribution in [0.4, 0.5) is 15.8 Å². The second-order valence-electron chi connectivity index (χ2n) is 7.44. The maximum atomic E-state index is 14.5. The first-order chi connectivity index (χ1) is 14.4. The van der Waals surface area contributed by atoms with Crippen LogP contribution in [-0.2, 0) is 16.0 Å². The summed E-state index contributed by atoms with van der Waals surface area (Å²) in [5.74, 6) is -0.849. The highest BCUT2D eigenvalue weighted by Crippen LogP contribution is 2.27. The van der Waals surface area contributed by atoms with Crippen LogP contribution < -0.4 is 10.2 Å². The molecule has 1 aliphatic rings. The van der Waals surface area contributed by atoms with Gasteiger partial charge in [-0.3, -0.25) is 9.59 Å². The number of carbonyl (C=O) groups excluding carboxylic acids is 2. The third-order valence-electron chi connectivity index (χ3n) is 5.37. The number of para-hydroxylation sites is 1. The molecule has 0 saturated carbocycles. The number of aromatic nitrogens is 2. The van der Waals surface area contributed by atoms with E-state index in [9.17, 15) is 14.0 Å². The molecule has 1 aromatic heterocycles. The van der Waals surface area contributed by atoms with E-state index in [2.05, 4.69) is 10.4 Å². The molecule has 1 N–H and O–H groups in total. The summed E-state index contributed by atoms with van der Waals surface area (Å²) in [7, 11) is 0. The van der Waals surface area contributed by atoms with Crippen LogP contribution in [0, 0.1) is 19.7 Å². The lowest BCUT2D eigenvalue weighted by Crippen LogP contribution is -2.24. The number of hydrogen-bond donors (Lipinski definition) is 1.